The number of benzene rings is 3. The smallest absolute Gasteiger partial charge is 0.335 e. The molecular formula is C50H62N4O12. The van der Waals surface area contributed by atoms with Crippen LogP contribution in [0.1, 0.15) is 118 Å². The van der Waals surface area contributed by atoms with Gasteiger partial charge in [-0.1, -0.05) is 114 Å². The van der Waals surface area contributed by atoms with Crippen molar-refractivity contribution in [3.63, 3.8) is 0 Å². The van der Waals surface area contributed by atoms with E-state index in [4.69, 9.17) is 23.5 Å². The lowest BCUT2D eigenvalue weighted by Crippen LogP contribution is -2.49. The van der Waals surface area contributed by atoms with Gasteiger partial charge in [-0.05, 0) is 68.0 Å². The Bertz CT molecular complexity index is 2190. The second kappa shape index (κ2) is 27.4. The number of carbonyl (C=O) groups excluding carboxylic acids is 7. The molecular weight excluding hydrogens is 849 g/mol. The molecule has 354 valence electrons. The molecule has 0 aliphatic carbocycles. The first-order valence-electron chi connectivity index (χ1n) is 22.6. The molecule has 0 bridgehead atoms. The summed E-state index contributed by atoms with van der Waals surface area (Å²) in [7, 11) is 0. The van der Waals surface area contributed by atoms with Gasteiger partial charge in [0.1, 0.15) is 30.8 Å². The Morgan fingerprint density at radius 2 is 1.39 bits per heavy atom. The molecule has 1 aromatic heterocycles. The molecule has 0 spiro atoms. The van der Waals surface area contributed by atoms with Crippen LogP contribution in [0.15, 0.2) is 95.4 Å². The van der Waals surface area contributed by atoms with Gasteiger partial charge in [0.15, 0.2) is 5.76 Å². The normalized spacial score (nSPS) is 12.2. The number of unbranched alkanes of at least 4 members (excludes halogenated alkanes) is 2. The molecule has 4 rings (SSSR count). The molecule has 0 aliphatic rings. The van der Waals surface area contributed by atoms with Crippen molar-refractivity contribution in [3.8, 4) is 17.1 Å². The summed E-state index contributed by atoms with van der Waals surface area (Å²) >= 11 is 0. The van der Waals surface area contributed by atoms with Crippen molar-refractivity contribution in [2.45, 2.75) is 111 Å². The molecule has 3 atom stereocenters. The number of ether oxygens (including phenoxy) is 3. The maximum Gasteiger partial charge on any atom is 0.335 e. The predicted molar refractivity (Wildman–Crippen MR) is 244 cm³/mol. The van der Waals surface area contributed by atoms with E-state index in [0.29, 0.717) is 49.6 Å². The number of nitrogens with zero attached hydrogens (tertiary/aromatic N) is 1. The molecule has 16 nitrogen and oxygen atoms in total. The number of esters is 2. The van der Waals surface area contributed by atoms with E-state index in [1.54, 1.807) is 80.6 Å². The van der Waals surface area contributed by atoms with Crippen LogP contribution in [-0.2, 0) is 51.5 Å². The summed E-state index contributed by atoms with van der Waals surface area (Å²) in [4.78, 5) is 97.3. The Hall–Kier alpha value is -6.97. The molecule has 0 radical (unpaired) electrons. The number of rotatable bonds is 28. The van der Waals surface area contributed by atoms with Crippen molar-refractivity contribution in [2.75, 3.05) is 13.3 Å². The second-order valence-corrected chi connectivity index (χ2v) is 15.5. The van der Waals surface area contributed by atoms with Crippen LogP contribution in [0.3, 0.4) is 0 Å². The highest BCUT2D eigenvalue weighted by Gasteiger charge is 2.34. The number of amides is 4. The largest absolute Gasteiger partial charge is 0.493 e. The average molecular weight is 911 g/mol. The molecule has 3 aromatic carbocycles. The molecule has 1 heterocycles. The zero-order valence-electron chi connectivity index (χ0n) is 38.4. The molecule has 3 N–H and O–H groups in total. The van der Waals surface area contributed by atoms with Crippen molar-refractivity contribution in [1.82, 2.24) is 21.0 Å². The maximum absolute atomic E-state index is 13.8. The lowest BCUT2D eigenvalue weighted by molar-refractivity contribution is -0.208. The number of nitrogens with one attached hydrogen (secondary N) is 3. The van der Waals surface area contributed by atoms with Crippen LogP contribution in [0.25, 0.3) is 11.3 Å². The number of hydroxylamine groups is 2. The molecule has 0 saturated carbocycles. The predicted octanol–water partition coefficient (Wildman–Crippen LogP) is 7.45. The highest BCUT2D eigenvalue weighted by Crippen LogP contribution is 2.30. The summed E-state index contributed by atoms with van der Waals surface area (Å²) in [6, 6.07) is 23.5. The third-order valence-corrected chi connectivity index (χ3v) is 10.9. The van der Waals surface area contributed by atoms with E-state index in [-0.39, 0.29) is 55.2 Å². The number of furan rings is 1. The van der Waals surface area contributed by atoms with Gasteiger partial charge in [0, 0.05) is 5.56 Å². The quantitative estimate of drug-likeness (QED) is 0.0167. The topological polar surface area (TPSA) is 209 Å². The molecule has 4 aromatic rings. The van der Waals surface area contributed by atoms with Gasteiger partial charge in [-0.2, -0.15) is 5.06 Å². The van der Waals surface area contributed by atoms with Crippen LogP contribution < -0.4 is 20.7 Å². The van der Waals surface area contributed by atoms with Crippen molar-refractivity contribution in [2.24, 2.45) is 11.8 Å². The van der Waals surface area contributed by atoms with Gasteiger partial charge < -0.3 is 39.4 Å². The minimum atomic E-state index is -1.40. The lowest BCUT2D eigenvalue weighted by Gasteiger charge is -2.32. The van der Waals surface area contributed by atoms with Crippen LogP contribution in [0.2, 0.25) is 0 Å². The fourth-order valence-corrected chi connectivity index (χ4v) is 7.13. The van der Waals surface area contributed by atoms with Crippen molar-refractivity contribution >= 4 is 42.0 Å². The lowest BCUT2D eigenvalue weighted by atomic mass is 9.90. The summed E-state index contributed by atoms with van der Waals surface area (Å²) < 4.78 is 22.6. The van der Waals surface area contributed by atoms with Crippen molar-refractivity contribution in [1.29, 1.82) is 0 Å². The molecule has 0 aliphatic heterocycles. The molecule has 0 saturated heterocycles. The Balaban J connectivity index is 1.43. The Kier molecular flexibility index (Phi) is 21.4. The first kappa shape index (κ1) is 51.7. The molecule has 16 heteroatoms. The average Bonchev–Trinajstić information content (AvgIpc) is 3.83. The van der Waals surface area contributed by atoms with Gasteiger partial charge in [-0.15, -0.1) is 0 Å². The fraction of sp³-hybridized carbons (Fsp3) is 0.420. The Morgan fingerprint density at radius 1 is 0.727 bits per heavy atom. The third-order valence-electron chi connectivity index (χ3n) is 10.9. The van der Waals surface area contributed by atoms with Gasteiger partial charge in [0.2, 0.25) is 12.3 Å². The van der Waals surface area contributed by atoms with Crippen LogP contribution in [0.5, 0.6) is 5.75 Å². The Labute approximate surface area is 386 Å². The number of carbonyl (C=O) groups is 7. The monoisotopic (exact) mass is 910 g/mol. The van der Waals surface area contributed by atoms with Gasteiger partial charge in [0.25, 0.3) is 11.8 Å². The molecule has 0 fully saturated rings. The van der Waals surface area contributed by atoms with E-state index in [1.165, 1.54) is 12.1 Å². The van der Waals surface area contributed by atoms with Crippen molar-refractivity contribution in [3.05, 3.63) is 113 Å². The van der Waals surface area contributed by atoms with E-state index in [9.17, 15) is 33.6 Å². The van der Waals surface area contributed by atoms with E-state index < -0.39 is 60.1 Å². The Morgan fingerprint density at radius 3 is 2.00 bits per heavy atom. The number of hydrogen-bond donors (Lipinski definition) is 3. The summed E-state index contributed by atoms with van der Waals surface area (Å²) in [6.45, 7) is 9.10. The van der Waals surface area contributed by atoms with Crippen LogP contribution in [0, 0.1) is 11.8 Å². The SMILES string of the molecule is CCCCC[C@@H](C(=O)NCNC(=O)c1ccc(-c2ccc(C(=O)N[C@@H](CC(=O)OCc3ccccc3)C(=O)OCc3ccccc3)c(OCC)c2)o1)[C@@H](CC)N(C=O)OC(=O)C(CC)CC. The second-order valence-electron chi connectivity index (χ2n) is 15.5. The van der Waals surface area contributed by atoms with Gasteiger partial charge in [0.05, 0.1) is 43.1 Å². The van der Waals surface area contributed by atoms with Crippen LogP contribution >= 0.6 is 0 Å². The summed E-state index contributed by atoms with van der Waals surface area (Å²) in [5.41, 5.74) is 1.97. The first-order valence-corrected chi connectivity index (χ1v) is 22.6. The van der Waals surface area contributed by atoms with Crippen LogP contribution in [-0.4, -0.2) is 72.5 Å². The maximum atomic E-state index is 13.8. The minimum absolute atomic E-state index is 0.0244. The van der Waals surface area contributed by atoms with E-state index in [0.717, 1.165) is 23.5 Å². The zero-order valence-corrected chi connectivity index (χ0v) is 38.4. The first-order chi connectivity index (χ1) is 32.0. The van der Waals surface area contributed by atoms with E-state index in [1.807, 2.05) is 32.9 Å². The van der Waals surface area contributed by atoms with E-state index >= 15 is 0 Å². The fourth-order valence-electron chi connectivity index (χ4n) is 7.13. The van der Waals surface area contributed by atoms with Crippen molar-refractivity contribution < 1.29 is 57.0 Å². The van der Waals surface area contributed by atoms with Gasteiger partial charge >= 0.3 is 17.9 Å². The summed E-state index contributed by atoms with van der Waals surface area (Å²) in [5.74, 6) is -4.64. The standard InChI is InChI=1S/C50H62N4O12/c1-6-11-14-23-38(41(9-4)54(33-55)66-49(60)36(7-2)8-3)46(57)51-32-52-48(59)43-27-26-42(65-43)37-24-25-39(44(28-37)62-10-5)47(58)53-40(50(61)64-31-35-21-17-13-18-22-35)29-45(56)63-30-34-19-15-12-16-20-34/h12-13,15-22,24-28,33,36,38,40-41H,6-11,14,23,29-32H2,1-5H3,(H,51,57)(H,52,59)(H,53,58)/t38-,40+,41-/m1/s1. The molecule has 66 heavy (non-hydrogen) atoms. The molecule has 4 amide bonds. The van der Waals surface area contributed by atoms with Crippen LogP contribution in [0.4, 0.5) is 0 Å². The summed E-state index contributed by atoms with van der Waals surface area (Å²) in [5, 5.41) is 8.93. The highest BCUT2D eigenvalue weighted by molar-refractivity contribution is 6.00. The minimum Gasteiger partial charge on any atom is -0.493 e. The van der Waals surface area contributed by atoms with E-state index in [2.05, 4.69) is 16.0 Å². The third kappa shape index (κ3) is 15.6. The van der Waals surface area contributed by atoms with Gasteiger partial charge in [-0.25, -0.2) is 9.59 Å². The number of hydrogen-bond acceptors (Lipinski definition) is 12. The van der Waals surface area contributed by atoms with Gasteiger partial charge in [-0.3, -0.25) is 24.0 Å². The highest BCUT2D eigenvalue weighted by atomic mass is 16.7. The molecule has 0 unspecified atom stereocenters. The zero-order chi connectivity index (χ0) is 47.8. The summed E-state index contributed by atoms with van der Waals surface area (Å²) in [6.07, 6.45) is 4.26.